The van der Waals surface area contributed by atoms with Crippen molar-refractivity contribution in [3.05, 3.63) is 39.5 Å². The summed E-state index contributed by atoms with van der Waals surface area (Å²) in [4.78, 5) is 15.1. The Balaban J connectivity index is 2.52. The lowest BCUT2D eigenvalue weighted by molar-refractivity contribution is -0.133. The standard InChI is InChI=1S/C14H14FIN2O2S/c1-8(2)12-6-17-14(21-7-13(19)20)18(12)11-4-3-9(15)5-10(11)16/h3-6,8H,7H2,1-2H3,(H,19,20). The van der Waals surface area contributed by atoms with Crippen LogP contribution in [0.4, 0.5) is 4.39 Å². The van der Waals surface area contributed by atoms with E-state index in [4.69, 9.17) is 5.11 Å². The maximum Gasteiger partial charge on any atom is 0.313 e. The molecule has 1 aromatic carbocycles. The Hall–Kier alpha value is -1.09. The van der Waals surface area contributed by atoms with E-state index in [0.717, 1.165) is 26.7 Å². The molecule has 0 aliphatic rings. The van der Waals surface area contributed by atoms with Crippen molar-refractivity contribution in [1.29, 1.82) is 0 Å². The first-order chi connectivity index (χ1) is 9.90. The quantitative estimate of drug-likeness (QED) is 0.589. The molecule has 1 N–H and O–H groups in total. The molecule has 0 unspecified atom stereocenters. The van der Waals surface area contributed by atoms with Gasteiger partial charge in [-0.2, -0.15) is 0 Å². The van der Waals surface area contributed by atoms with Gasteiger partial charge in [-0.05, 0) is 46.7 Å². The monoisotopic (exact) mass is 420 g/mol. The molecule has 4 nitrogen and oxygen atoms in total. The van der Waals surface area contributed by atoms with Gasteiger partial charge in [0.05, 0.1) is 17.6 Å². The van der Waals surface area contributed by atoms with Gasteiger partial charge < -0.3 is 5.11 Å². The van der Waals surface area contributed by atoms with Crippen molar-refractivity contribution < 1.29 is 14.3 Å². The molecule has 0 spiro atoms. The van der Waals surface area contributed by atoms with Crippen molar-refractivity contribution in [2.45, 2.75) is 24.9 Å². The molecule has 2 rings (SSSR count). The second-order valence-corrected chi connectivity index (χ2v) is 6.84. The molecule has 0 fully saturated rings. The normalized spacial score (nSPS) is 11.1. The maximum atomic E-state index is 13.3. The number of rotatable bonds is 5. The highest BCUT2D eigenvalue weighted by Gasteiger charge is 2.17. The molecule has 0 amide bonds. The minimum Gasteiger partial charge on any atom is -0.481 e. The Labute approximate surface area is 139 Å². The summed E-state index contributed by atoms with van der Waals surface area (Å²) in [7, 11) is 0. The van der Waals surface area contributed by atoms with Crippen molar-refractivity contribution in [3.8, 4) is 5.69 Å². The fourth-order valence-electron chi connectivity index (χ4n) is 1.89. The number of carbonyl (C=O) groups is 1. The predicted molar refractivity (Wildman–Crippen MR) is 88.7 cm³/mol. The van der Waals surface area contributed by atoms with Gasteiger partial charge in [0.25, 0.3) is 0 Å². The Morgan fingerprint density at radius 1 is 1.52 bits per heavy atom. The average molecular weight is 420 g/mol. The summed E-state index contributed by atoms with van der Waals surface area (Å²) in [6, 6.07) is 4.54. The van der Waals surface area contributed by atoms with Crippen molar-refractivity contribution in [3.63, 3.8) is 0 Å². The fraction of sp³-hybridized carbons (Fsp3) is 0.286. The SMILES string of the molecule is CC(C)c1cnc(SCC(=O)O)n1-c1ccc(F)cc1I. The van der Waals surface area contributed by atoms with E-state index < -0.39 is 5.97 Å². The number of hydrogen-bond acceptors (Lipinski definition) is 3. The number of halogens is 2. The minimum atomic E-state index is -0.894. The molecule has 0 aliphatic heterocycles. The number of imidazole rings is 1. The molecule has 0 aliphatic carbocycles. The van der Waals surface area contributed by atoms with Gasteiger partial charge in [0.1, 0.15) is 5.82 Å². The molecule has 0 saturated heterocycles. The van der Waals surface area contributed by atoms with E-state index >= 15 is 0 Å². The van der Waals surface area contributed by atoms with Crippen LogP contribution in [0.3, 0.4) is 0 Å². The van der Waals surface area contributed by atoms with Gasteiger partial charge in [0.2, 0.25) is 0 Å². The van der Waals surface area contributed by atoms with Crippen LogP contribution in [0.2, 0.25) is 0 Å². The molecule has 112 valence electrons. The second kappa shape index (κ2) is 6.78. The molecule has 2 aromatic rings. The number of nitrogens with zero attached hydrogens (tertiary/aromatic N) is 2. The van der Waals surface area contributed by atoms with Gasteiger partial charge >= 0.3 is 5.97 Å². The Morgan fingerprint density at radius 2 is 2.24 bits per heavy atom. The number of hydrogen-bond donors (Lipinski definition) is 1. The summed E-state index contributed by atoms with van der Waals surface area (Å²) in [5, 5.41) is 9.44. The van der Waals surface area contributed by atoms with E-state index in [9.17, 15) is 9.18 Å². The molecular formula is C14H14FIN2O2S. The molecular weight excluding hydrogens is 406 g/mol. The number of thioether (sulfide) groups is 1. The number of aromatic nitrogens is 2. The van der Waals surface area contributed by atoms with Crippen LogP contribution in [0.25, 0.3) is 5.69 Å². The Bertz CT molecular complexity index is 673. The maximum absolute atomic E-state index is 13.3. The lowest BCUT2D eigenvalue weighted by Gasteiger charge is -2.15. The lowest BCUT2D eigenvalue weighted by Crippen LogP contribution is -2.07. The second-order valence-electron chi connectivity index (χ2n) is 4.73. The summed E-state index contributed by atoms with van der Waals surface area (Å²) in [5.41, 5.74) is 1.78. The van der Waals surface area contributed by atoms with Gasteiger partial charge in [-0.3, -0.25) is 9.36 Å². The van der Waals surface area contributed by atoms with E-state index in [-0.39, 0.29) is 17.5 Å². The molecule has 1 heterocycles. The summed E-state index contributed by atoms with van der Waals surface area (Å²) in [6.45, 7) is 4.07. The van der Waals surface area contributed by atoms with E-state index in [1.54, 1.807) is 12.3 Å². The highest BCUT2D eigenvalue weighted by atomic mass is 127. The molecule has 21 heavy (non-hydrogen) atoms. The van der Waals surface area contributed by atoms with Gasteiger partial charge in [0, 0.05) is 9.26 Å². The van der Waals surface area contributed by atoms with E-state index in [0.29, 0.717) is 5.16 Å². The zero-order valence-corrected chi connectivity index (χ0v) is 14.5. The lowest BCUT2D eigenvalue weighted by atomic mass is 10.1. The predicted octanol–water partition coefficient (Wildman–Crippen LogP) is 3.92. The molecule has 1 aromatic heterocycles. The van der Waals surface area contributed by atoms with Crippen LogP contribution in [-0.4, -0.2) is 26.4 Å². The summed E-state index contributed by atoms with van der Waals surface area (Å²) >= 11 is 3.23. The zero-order chi connectivity index (χ0) is 15.6. The Kier molecular flexibility index (Phi) is 5.26. The molecule has 7 heteroatoms. The first-order valence-corrected chi connectivity index (χ1v) is 8.34. The van der Waals surface area contributed by atoms with Gasteiger partial charge in [-0.1, -0.05) is 25.6 Å². The minimum absolute atomic E-state index is 0.0632. The van der Waals surface area contributed by atoms with Crippen molar-refractivity contribution in [2.24, 2.45) is 0 Å². The van der Waals surface area contributed by atoms with E-state index in [1.807, 2.05) is 18.4 Å². The molecule has 0 saturated carbocycles. The molecule has 0 radical (unpaired) electrons. The third-order valence-electron chi connectivity index (χ3n) is 2.82. The van der Waals surface area contributed by atoms with Gasteiger partial charge in [-0.15, -0.1) is 0 Å². The van der Waals surface area contributed by atoms with Crippen LogP contribution < -0.4 is 0 Å². The van der Waals surface area contributed by atoms with Crippen LogP contribution in [-0.2, 0) is 4.79 Å². The van der Waals surface area contributed by atoms with Crippen molar-refractivity contribution >= 4 is 40.3 Å². The number of aliphatic carboxylic acids is 1. The van der Waals surface area contributed by atoms with Crippen molar-refractivity contribution in [1.82, 2.24) is 9.55 Å². The average Bonchev–Trinajstić information content (AvgIpc) is 2.80. The number of benzene rings is 1. The molecule has 0 bridgehead atoms. The van der Waals surface area contributed by atoms with Gasteiger partial charge in [0.15, 0.2) is 5.16 Å². The van der Waals surface area contributed by atoms with Crippen LogP contribution in [0.5, 0.6) is 0 Å². The number of carboxylic acids is 1. The van der Waals surface area contributed by atoms with Crippen LogP contribution in [0, 0.1) is 9.39 Å². The third-order valence-corrected chi connectivity index (χ3v) is 4.63. The molecule has 0 atom stereocenters. The van der Waals surface area contributed by atoms with Crippen LogP contribution >= 0.6 is 34.4 Å². The summed E-state index contributed by atoms with van der Waals surface area (Å²) in [5.74, 6) is -1.03. The number of carboxylic acid groups (broad SMARTS) is 1. The largest absolute Gasteiger partial charge is 0.481 e. The smallest absolute Gasteiger partial charge is 0.313 e. The van der Waals surface area contributed by atoms with Crippen LogP contribution in [0.1, 0.15) is 25.5 Å². The highest BCUT2D eigenvalue weighted by molar-refractivity contribution is 14.1. The fourth-order valence-corrected chi connectivity index (χ4v) is 3.32. The van der Waals surface area contributed by atoms with Crippen molar-refractivity contribution in [2.75, 3.05) is 5.75 Å². The summed E-state index contributed by atoms with van der Waals surface area (Å²) in [6.07, 6.45) is 1.74. The first-order valence-electron chi connectivity index (χ1n) is 6.27. The van der Waals surface area contributed by atoms with E-state index in [1.165, 1.54) is 12.1 Å². The third kappa shape index (κ3) is 3.76. The zero-order valence-electron chi connectivity index (χ0n) is 11.5. The topological polar surface area (TPSA) is 55.1 Å². The highest BCUT2D eigenvalue weighted by Crippen LogP contribution is 2.30. The van der Waals surface area contributed by atoms with E-state index in [2.05, 4.69) is 27.6 Å². The first kappa shape index (κ1) is 16.3. The summed E-state index contributed by atoms with van der Waals surface area (Å²) < 4.78 is 15.9. The van der Waals surface area contributed by atoms with Gasteiger partial charge in [-0.25, -0.2) is 9.37 Å². The Morgan fingerprint density at radius 3 is 2.81 bits per heavy atom. The van der Waals surface area contributed by atoms with Crippen LogP contribution in [0.15, 0.2) is 29.6 Å².